The number of hydrogen-bond acceptors (Lipinski definition) is 6. The van der Waals surface area contributed by atoms with Crippen molar-refractivity contribution in [3.8, 4) is 17.2 Å². The smallest absolute Gasteiger partial charge is 0.287 e. The summed E-state index contributed by atoms with van der Waals surface area (Å²) >= 11 is 14.2. The first kappa shape index (κ1) is 28.4. The van der Waals surface area contributed by atoms with Crippen LogP contribution in [0.4, 0.5) is 0 Å². The van der Waals surface area contributed by atoms with Gasteiger partial charge in [0.25, 0.3) is 5.56 Å². The summed E-state index contributed by atoms with van der Waals surface area (Å²) in [6.45, 7) is 11.4. The molecule has 0 fully saturated rings. The monoisotopic (exact) mass is 550 g/mol. The summed E-state index contributed by atoms with van der Waals surface area (Å²) < 4.78 is 18.7. The quantitative estimate of drug-likeness (QED) is 0.186. The summed E-state index contributed by atoms with van der Waals surface area (Å²) in [5.41, 5.74) is 1.32. The van der Waals surface area contributed by atoms with E-state index in [0.29, 0.717) is 40.4 Å². The lowest BCUT2D eigenvalue weighted by Gasteiger charge is -2.21. The number of rotatable bonds is 11. The van der Waals surface area contributed by atoms with E-state index in [1.807, 2.05) is 65.0 Å². The van der Waals surface area contributed by atoms with Crippen LogP contribution in [0.2, 0.25) is 10.0 Å². The number of thioether (sulfide) groups is 1. The second kappa shape index (κ2) is 12.9. The minimum absolute atomic E-state index is 0.169. The minimum atomic E-state index is -0.440. The fourth-order valence-corrected chi connectivity index (χ4v) is 4.75. The Hall–Kier alpha value is -2.19. The third-order valence-corrected chi connectivity index (χ3v) is 6.96. The van der Waals surface area contributed by atoms with Crippen LogP contribution in [0.5, 0.6) is 17.2 Å². The van der Waals surface area contributed by atoms with E-state index in [9.17, 15) is 4.79 Å². The van der Waals surface area contributed by atoms with Crippen LogP contribution in [0.25, 0.3) is 0 Å². The molecule has 0 bridgehead atoms. The van der Waals surface area contributed by atoms with Crippen LogP contribution in [-0.2, 0) is 16.7 Å². The molecule has 0 spiro atoms. The number of aromatic nitrogens is 2. The first-order chi connectivity index (χ1) is 17.1. The van der Waals surface area contributed by atoms with Gasteiger partial charge in [0.2, 0.25) is 0 Å². The van der Waals surface area contributed by atoms with E-state index in [0.717, 1.165) is 24.3 Å². The molecule has 2 aromatic carbocycles. The van der Waals surface area contributed by atoms with Crippen molar-refractivity contribution in [1.82, 2.24) is 9.78 Å². The van der Waals surface area contributed by atoms with Gasteiger partial charge in [-0.3, -0.25) is 4.79 Å². The summed E-state index contributed by atoms with van der Waals surface area (Å²) in [7, 11) is 0. The highest BCUT2D eigenvalue weighted by Crippen LogP contribution is 2.35. The van der Waals surface area contributed by atoms with Gasteiger partial charge >= 0.3 is 0 Å². The normalized spacial score (nSPS) is 11.5. The van der Waals surface area contributed by atoms with Crippen molar-refractivity contribution < 1.29 is 14.2 Å². The molecule has 0 saturated carbocycles. The van der Waals surface area contributed by atoms with Crippen LogP contribution in [0.3, 0.4) is 0 Å². The van der Waals surface area contributed by atoms with Crippen molar-refractivity contribution in [2.45, 2.75) is 51.5 Å². The molecule has 3 aromatic rings. The van der Waals surface area contributed by atoms with Crippen molar-refractivity contribution in [3.05, 3.63) is 74.1 Å². The van der Waals surface area contributed by atoms with Crippen LogP contribution in [-0.4, -0.2) is 35.4 Å². The number of halogens is 2. The molecule has 0 aliphatic rings. The molecule has 36 heavy (non-hydrogen) atoms. The van der Waals surface area contributed by atoms with Gasteiger partial charge in [0.15, 0.2) is 0 Å². The SMILES string of the molecule is CCOCCc1ccc(Oc2cc(C)c(OCCSc3cnn(C(C)(C)C)c(=O)c3Cl)c(Cl)c2)cc1. The van der Waals surface area contributed by atoms with Gasteiger partial charge in [0, 0.05) is 18.4 Å². The Kier molecular flexibility index (Phi) is 10.1. The van der Waals surface area contributed by atoms with Crippen molar-refractivity contribution in [2.75, 3.05) is 25.6 Å². The van der Waals surface area contributed by atoms with Crippen molar-refractivity contribution >= 4 is 35.0 Å². The van der Waals surface area contributed by atoms with Gasteiger partial charge in [-0.1, -0.05) is 35.3 Å². The number of aryl methyl sites for hydroxylation is 1. The Morgan fingerprint density at radius 2 is 1.78 bits per heavy atom. The van der Waals surface area contributed by atoms with E-state index in [4.69, 9.17) is 37.4 Å². The lowest BCUT2D eigenvalue weighted by atomic mass is 10.1. The number of nitrogens with zero attached hydrogens (tertiary/aromatic N) is 2. The summed E-state index contributed by atoms with van der Waals surface area (Å²) in [6.07, 6.45) is 2.49. The molecule has 0 radical (unpaired) electrons. The predicted molar refractivity (Wildman–Crippen MR) is 148 cm³/mol. The molecule has 0 amide bonds. The molecule has 0 atom stereocenters. The van der Waals surface area contributed by atoms with Crippen LogP contribution >= 0.6 is 35.0 Å². The molecular formula is C27H32Cl2N2O4S. The first-order valence-electron chi connectivity index (χ1n) is 11.8. The van der Waals surface area contributed by atoms with Crippen molar-refractivity contribution in [2.24, 2.45) is 0 Å². The van der Waals surface area contributed by atoms with Gasteiger partial charge in [0.1, 0.15) is 22.3 Å². The van der Waals surface area contributed by atoms with Crippen LogP contribution in [0.15, 0.2) is 52.3 Å². The van der Waals surface area contributed by atoms with E-state index in [1.165, 1.54) is 22.0 Å². The van der Waals surface area contributed by atoms with Crippen molar-refractivity contribution in [1.29, 1.82) is 0 Å². The standard InChI is InChI=1S/C27H32Cl2N2O4S/c1-6-33-12-11-19-7-9-20(10-8-19)35-21-15-18(2)25(22(28)16-21)34-13-14-36-23-17-30-31(27(3,4)5)26(32)24(23)29/h7-10,15-17H,6,11-14H2,1-5H3. The molecule has 6 nitrogen and oxygen atoms in total. The topological polar surface area (TPSA) is 62.6 Å². The van der Waals surface area contributed by atoms with E-state index >= 15 is 0 Å². The Morgan fingerprint density at radius 3 is 2.42 bits per heavy atom. The second-order valence-electron chi connectivity index (χ2n) is 9.15. The van der Waals surface area contributed by atoms with Gasteiger partial charge in [-0.15, -0.1) is 11.8 Å². The molecule has 0 N–H and O–H groups in total. The maximum Gasteiger partial charge on any atom is 0.287 e. The zero-order chi connectivity index (χ0) is 26.3. The molecule has 0 aliphatic heterocycles. The van der Waals surface area contributed by atoms with Gasteiger partial charge in [0.05, 0.1) is 34.9 Å². The summed E-state index contributed by atoms with van der Waals surface area (Å²) in [6, 6.07) is 11.6. The number of ether oxygens (including phenoxy) is 3. The molecule has 0 unspecified atom stereocenters. The summed E-state index contributed by atoms with van der Waals surface area (Å²) in [5.74, 6) is 2.54. The van der Waals surface area contributed by atoms with Gasteiger partial charge in [-0.05, 0) is 70.4 Å². The molecule has 0 saturated heterocycles. The third-order valence-electron chi connectivity index (χ3n) is 5.21. The highest BCUT2D eigenvalue weighted by molar-refractivity contribution is 7.99. The van der Waals surface area contributed by atoms with E-state index in [1.54, 1.807) is 12.3 Å². The Morgan fingerprint density at radius 1 is 1.06 bits per heavy atom. The predicted octanol–water partition coefficient (Wildman–Crippen LogP) is 7.16. The van der Waals surface area contributed by atoms with E-state index in [2.05, 4.69) is 5.10 Å². The highest BCUT2D eigenvalue weighted by atomic mass is 35.5. The fourth-order valence-electron chi connectivity index (χ4n) is 3.43. The van der Waals surface area contributed by atoms with E-state index < -0.39 is 5.54 Å². The molecule has 1 aromatic heterocycles. The molecule has 3 rings (SSSR count). The average Bonchev–Trinajstić information content (AvgIpc) is 2.81. The van der Waals surface area contributed by atoms with Crippen LogP contribution in [0, 0.1) is 6.92 Å². The average molecular weight is 552 g/mol. The lowest BCUT2D eigenvalue weighted by Crippen LogP contribution is -2.36. The molecular weight excluding hydrogens is 519 g/mol. The fraction of sp³-hybridized carbons (Fsp3) is 0.407. The van der Waals surface area contributed by atoms with Crippen molar-refractivity contribution in [3.63, 3.8) is 0 Å². The Labute approximate surface area is 226 Å². The largest absolute Gasteiger partial charge is 0.491 e. The lowest BCUT2D eigenvalue weighted by molar-refractivity contribution is 0.151. The molecule has 9 heteroatoms. The summed E-state index contributed by atoms with van der Waals surface area (Å²) in [5, 5.41) is 4.90. The molecule has 0 aliphatic carbocycles. The third kappa shape index (κ3) is 7.65. The van der Waals surface area contributed by atoms with Gasteiger partial charge in [-0.25, -0.2) is 4.68 Å². The van der Waals surface area contributed by atoms with Gasteiger partial charge in [-0.2, -0.15) is 5.10 Å². The Balaban J connectivity index is 1.56. The van der Waals surface area contributed by atoms with Gasteiger partial charge < -0.3 is 14.2 Å². The second-order valence-corrected chi connectivity index (χ2v) is 11.1. The summed E-state index contributed by atoms with van der Waals surface area (Å²) in [4.78, 5) is 13.1. The maximum atomic E-state index is 12.5. The maximum absolute atomic E-state index is 12.5. The van der Waals surface area contributed by atoms with Crippen LogP contribution in [0.1, 0.15) is 38.8 Å². The van der Waals surface area contributed by atoms with E-state index in [-0.39, 0.29) is 10.6 Å². The zero-order valence-corrected chi connectivity index (χ0v) is 23.6. The Bertz CT molecular complexity index is 1200. The molecule has 1 heterocycles. The molecule has 194 valence electrons. The van der Waals surface area contributed by atoms with Crippen LogP contribution < -0.4 is 15.0 Å². The number of benzene rings is 2. The number of hydrogen-bond donors (Lipinski definition) is 0. The highest BCUT2D eigenvalue weighted by Gasteiger charge is 2.19. The zero-order valence-electron chi connectivity index (χ0n) is 21.3. The first-order valence-corrected chi connectivity index (χ1v) is 13.5. The minimum Gasteiger partial charge on any atom is -0.491 e.